The van der Waals surface area contributed by atoms with Gasteiger partial charge < -0.3 is 5.11 Å². The Morgan fingerprint density at radius 1 is 1.50 bits per heavy atom. The van der Waals surface area contributed by atoms with Crippen molar-refractivity contribution in [1.29, 1.82) is 0 Å². The molecular formula is C11H6BrN2O4S2-. The number of nitro benzene ring substituents is 1. The van der Waals surface area contributed by atoms with E-state index in [0.29, 0.717) is 4.32 Å². The highest BCUT2D eigenvalue weighted by Crippen LogP contribution is 2.36. The first-order valence-corrected chi connectivity index (χ1v) is 7.19. The molecule has 6 nitrogen and oxygen atoms in total. The van der Waals surface area contributed by atoms with Crippen molar-refractivity contribution in [3.63, 3.8) is 0 Å². The topological polar surface area (TPSA) is 86.5 Å². The number of amides is 1. The Bertz CT molecular complexity index is 675. The third-order valence-electron chi connectivity index (χ3n) is 2.54. The summed E-state index contributed by atoms with van der Waals surface area (Å²) >= 11 is 9.00. The van der Waals surface area contributed by atoms with Crippen molar-refractivity contribution >= 4 is 61.9 Å². The van der Waals surface area contributed by atoms with E-state index in [9.17, 15) is 20.0 Å². The summed E-state index contributed by atoms with van der Waals surface area (Å²) in [4.78, 5) is 23.6. The highest BCUT2D eigenvalue weighted by atomic mass is 79.9. The van der Waals surface area contributed by atoms with Crippen LogP contribution in [-0.4, -0.2) is 27.1 Å². The predicted octanol–water partition coefficient (Wildman–Crippen LogP) is 2.26. The average molecular weight is 374 g/mol. The fraction of sp³-hybridized carbons (Fsp3) is 0.0909. The summed E-state index contributed by atoms with van der Waals surface area (Å²) in [5.74, 6) is -0.751. The van der Waals surface area contributed by atoms with Crippen LogP contribution >= 0.6 is 39.9 Å². The first kappa shape index (κ1) is 14.9. The summed E-state index contributed by atoms with van der Waals surface area (Å²) in [5.41, 5.74) is -0.158. The number of halogens is 1. The van der Waals surface area contributed by atoms with E-state index in [4.69, 9.17) is 12.2 Å². The molecule has 0 radical (unpaired) electrons. The van der Waals surface area contributed by atoms with Crippen LogP contribution in [0.3, 0.4) is 0 Å². The molecule has 1 heterocycles. The lowest BCUT2D eigenvalue weighted by atomic mass is 10.1. The zero-order valence-corrected chi connectivity index (χ0v) is 13.2. The van der Waals surface area contributed by atoms with E-state index in [0.717, 1.165) is 23.9 Å². The lowest BCUT2D eigenvalue weighted by Gasteiger charge is -2.13. The van der Waals surface area contributed by atoms with Crippen LogP contribution in [-0.2, 0) is 4.79 Å². The molecule has 0 unspecified atom stereocenters. The van der Waals surface area contributed by atoms with Gasteiger partial charge in [-0.3, -0.25) is 19.8 Å². The second-order valence-electron chi connectivity index (χ2n) is 3.84. The molecule has 104 valence electrons. The van der Waals surface area contributed by atoms with Crippen molar-refractivity contribution in [3.8, 4) is 5.75 Å². The van der Waals surface area contributed by atoms with E-state index in [-0.39, 0.29) is 26.5 Å². The smallest absolute Gasteiger partial charge is 0.271 e. The van der Waals surface area contributed by atoms with Gasteiger partial charge in [-0.1, -0.05) is 45.7 Å². The number of thiocarbonyl (C=S) groups is 1. The Morgan fingerprint density at radius 2 is 2.15 bits per heavy atom. The molecule has 1 aromatic rings. The normalized spacial score (nSPS) is 17.1. The van der Waals surface area contributed by atoms with Gasteiger partial charge >= 0.3 is 0 Å². The molecule has 1 aromatic carbocycles. The Morgan fingerprint density at radius 3 is 2.65 bits per heavy atom. The quantitative estimate of drug-likeness (QED) is 0.342. The molecule has 20 heavy (non-hydrogen) atoms. The number of thioether (sulfide) groups is 1. The van der Waals surface area contributed by atoms with Crippen LogP contribution in [0, 0.1) is 10.1 Å². The summed E-state index contributed by atoms with van der Waals surface area (Å²) in [7, 11) is 1.53. The van der Waals surface area contributed by atoms with E-state index in [1.807, 2.05) is 0 Å². The largest absolute Gasteiger partial charge is 0.871 e. The van der Waals surface area contributed by atoms with Crippen LogP contribution in [0.1, 0.15) is 5.56 Å². The van der Waals surface area contributed by atoms with Crippen molar-refractivity contribution in [3.05, 3.63) is 37.2 Å². The fourth-order valence-electron chi connectivity index (χ4n) is 1.50. The average Bonchev–Trinajstić information content (AvgIpc) is 2.62. The van der Waals surface area contributed by atoms with E-state index in [1.54, 1.807) is 0 Å². The molecule has 1 amide bonds. The number of likely N-dealkylation sites (N-methyl/N-ethyl adjacent to an activating group) is 1. The molecule has 9 heteroatoms. The minimum atomic E-state index is -0.605. The van der Waals surface area contributed by atoms with Crippen LogP contribution in [0.4, 0.5) is 5.69 Å². The van der Waals surface area contributed by atoms with E-state index >= 15 is 0 Å². The van der Waals surface area contributed by atoms with Crippen LogP contribution in [0.2, 0.25) is 0 Å². The maximum Gasteiger partial charge on any atom is 0.271 e. The van der Waals surface area contributed by atoms with Gasteiger partial charge in [0.05, 0.1) is 9.83 Å². The molecule has 0 saturated carbocycles. The number of hydrogen-bond donors (Lipinski definition) is 0. The van der Waals surface area contributed by atoms with Gasteiger partial charge in [-0.05, 0) is 11.6 Å². The molecule has 1 saturated heterocycles. The fourth-order valence-corrected chi connectivity index (χ4v) is 3.13. The number of carbonyl (C=O) groups is 1. The number of benzene rings is 1. The zero-order chi connectivity index (χ0) is 15.0. The lowest BCUT2D eigenvalue weighted by molar-refractivity contribution is -0.385. The zero-order valence-electron chi connectivity index (χ0n) is 9.95. The van der Waals surface area contributed by atoms with Crippen LogP contribution in [0.15, 0.2) is 21.5 Å². The van der Waals surface area contributed by atoms with E-state index in [2.05, 4.69) is 15.9 Å². The molecule has 2 rings (SSSR count). The number of nitrogens with zero attached hydrogens (tertiary/aromatic N) is 2. The molecule has 1 aliphatic heterocycles. The summed E-state index contributed by atoms with van der Waals surface area (Å²) in [5, 5.41) is 22.7. The Balaban J connectivity index is 2.51. The predicted molar refractivity (Wildman–Crippen MR) is 81.2 cm³/mol. The minimum Gasteiger partial charge on any atom is -0.871 e. The molecule has 0 aromatic heterocycles. The van der Waals surface area contributed by atoms with Gasteiger partial charge in [-0.15, -0.1) is 0 Å². The van der Waals surface area contributed by atoms with Gasteiger partial charge in [0.15, 0.2) is 0 Å². The van der Waals surface area contributed by atoms with E-state index in [1.165, 1.54) is 18.0 Å². The standard InChI is InChI=1S/C11H7BrN2O4S2/c1-13-10(16)8(20-11(13)19)3-5-2-6(14(17)18)4-7(12)9(5)15/h2-4,15H,1H3/p-1/b8-3+. The summed E-state index contributed by atoms with van der Waals surface area (Å²) < 4.78 is 0.447. The molecule has 0 atom stereocenters. The molecular weight excluding hydrogens is 368 g/mol. The Kier molecular flexibility index (Phi) is 4.11. The van der Waals surface area contributed by atoms with Crippen LogP contribution < -0.4 is 5.11 Å². The molecule has 1 aliphatic rings. The summed E-state index contributed by atoms with van der Waals surface area (Å²) in [6.45, 7) is 0. The number of hydrogen-bond acceptors (Lipinski definition) is 6. The summed E-state index contributed by atoms with van der Waals surface area (Å²) in [6.07, 6.45) is 1.32. The third-order valence-corrected chi connectivity index (χ3v) is 4.61. The monoisotopic (exact) mass is 373 g/mol. The Labute approximate surface area is 131 Å². The molecule has 0 N–H and O–H groups in total. The van der Waals surface area contributed by atoms with Gasteiger partial charge in [0.2, 0.25) is 0 Å². The van der Waals surface area contributed by atoms with Crippen molar-refractivity contribution in [2.45, 2.75) is 0 Å². The molecule has 0 aliphatic carbocycles. The van der Waals surface area contributed by atoms with Gasteiger partial charge in [0, 0.05) is 23.7 Å². The third kappa shape index (κ3) is 2.69. The van der Waals surface area contributed by atoms with Gasteiger partial charge in [0.25, 0.3) is 11.6 Å². The SMILES string of the molecule is CN1C(=O)/C(=C\c2cc([N+](=O)[O-])cc(Br)c2[O-])SC1=S. The van der Waals surface area contributed by atoms with Crippen molar-refractivity contribution in [1.82, 2.24) is 4.90 Å². The van der Waals surface area contributed by atoms with Crippen LogP contribution in [0.25, 0.3) is 6.08 Å². The summed E-state index contributed by atoms with van der Waals surface area (Å²) in [6, 6.07) is 2.26. The first-order valence-electron chi connectivity index (χ1n) is 5.17. The van der Waals surface area contributed by atoms with Gasteiger partial charge in [-0.25, -0.2) is 0 Å². The van der Waals surface area contributed by atoms with Crippen molar-refractivity contribution in [2.24, 2.45) is 0 Å². The molecule has 0 spiro atoms. The number of carbonyl (C=O) groups excluding carboxylic acids is 1. The molecule has 0 bridgehead atoms. The maximum atomic E-state index is 11.9. The van der Waals surface area contributed by atoms with E-state index < -0.39 is 10.7 Å². The second-order valence-corrected chi connectivity index (χ2v) is 6.37. The first-order chi connectivity index (χ1) is 9.31. The maximum absolute atomic E-state index is 11.9. The highest BCUT2D eigenvalue weighted by Gasteiger charge is 2.28. The molecule has 1 fully saturated rings. The second kappa shape index (κ2) is 5.51. The van der Waals surface area contributed by atoms with Gasteiger partial charge in [-0.2, -0.15) is 0 Å². The minimum absolute atomic E-state index is 0.0695. The highest BCUT2D eigenvalue weighted by molar-refractivity contribution is 9.10. The van der Waals surface area contributed by atoms with Crippen molar-refractivity contribution in [2.75, 3.05) is 7.05 Å². The van der Waals surface area contributed by atoms with Crippen LogP contribution in [0.5, 0.6) is 5.75 Å². The number of rotatable bonds is 2. The lowest BCUT2D eigenvalue weighted by Crippen LogP contribution is -2.22. The van der Waals surface area contributed by atoms with Crippen molar-refractivity contribution < 1.29 is 14.8 Å². The Hall–Kier alpha value is -1.45. The number of nitro groups is 1. The van der Waals surface area contributed by atoms with Gasteiger partial charge in [0.1, 0.15) is 4.32 Å². The number of non-ortho nitro benzene ring substituents is 1.